The third-order valence-electron chi connectivity index (χ3n) is 4.82. The normalized spacial score (nSPS) is 23.4. The summed E-state index contributed by atoms with van der Waals surface area (Å²) in [5.41, 5.74) is 0.509. The molecule has 6 nitrogen and oxygen atoms in total. The van der Waals surface area contributed by atoms with Gasteiger partial charge in [0.05, 0.1) is 18.5 Å². The maximum absolute atomic E-state index is 12.7. The van der Waals surface area contributed by atoms with Crippen molar-refractivity contribution in [3.05, 3.63) is 35.9 Å². The summed E-state index contributed by atoms with van der Waals surface area (Å²) in [6, 6.07) is 9.66. The number of likely N-dealkylation sites (tertiary alicyclic amines) is 1. The lowest BCUT2D eigenvalue weighted by Gasteiger charge is -2.37. The molecule has 7 heteroatoms. The highest BCUT2D eigenvalue weighted by molar-refractivity contribution is 7.80. The van der Waals surface area contributed by atoms with Gasteiger partial charge in [0.15, 0.2) is 5.11 Å². The van der Waals surface area contributed by atoms with Crippen LogP contribution in [0.3, 0.4) is 0 Å². The number of rotatable bonds is 3. The summed E-state index contributed by atoms with van der Waals surface area (Å²) in [4.78, 5) is 28.5. The molecular weight excluding hydrogens is 362 g/mol. The zero-order valence-electron chi connectivity index (χ0n) is 16.1. The molecule has 2 aliphatic heterocycles. The van der Waals surface area contributed by atoms with Crippen molar-refractivity contribution in [2.45, 2.75) is 57.7 Å². The minimum Gasteiger partial charge on any atom is -0.444 e. The molecule has 1 N–H and O–H groups in total. The Balaban J connectivity index is 1.64. The van der Waals surface area contributed by atoms with E-state index in [-0.39, 0.29) is 24.1 Å². The second kappa shape index (κ2) is 7.84. The lowest BCUT2D eigenvalue weighted by molar-refractivity contribution is -0.129. The lowest BCUT2D eigenvalue weighted by Crippen LogP contribution is -2.55. The van der Waals surface area contributed by atoms with Crippen LogP contribution in [-0.2, 0) is 9.53 Å². The second-order valence-electron chi connectivity index (χ2n) is 8.09. The highest BCUT2D eigenvalue weighted by atomic mass is 32.1. The van der Waals surface area contributed by atoms with E-state index in [1.54, 1.807) is 9.80 Å². The summed E-state index contributed by atoms with van der Waals surface area (Å²) in [6.45, 7) is 6.62. The van der Waals surface area contributed by atoms with Crippen molar-refractivity contribution in [3.8, 4) is 0 Å². The number of hydrogen-bond acceptors (Lipinski definition) is 4. The molecule has 0 aromatic heterocycles. The minimum absolute atomic E-state index is 0.0105. The smallest absolute Gasteiger partial charge is 0.410 e. The number of amides is 2. The molecule has 1 aromatic carbocycles. The van der Waals surface area contributed by atoms with Gasteiger partial charge >= 0.3 is 6.09 Å². The molecule has 2 atom stereocenters. The predicted molar refractivity (Wildman–Crippen MR) is 107 cm³/mol. The van der Waals surface area contributed by atoms with Crippen LogP contribution in [-0.4, -0.2) is 51.6 Å². The summed E-state index contributed by atoms with van der Waals surface area (Å²) in [7, 11) is 0. The van der Waals surface area contributed by atoms with Gasteiger partial charge in [-0.1, -0.05) is 30.3 Å². The van der Waals surface area contributed by atoms with Crippen molar-refractivity contribution >= 4 is 29.3 Å². The van der Waals surface area contributed by atoms with E-state index in [0.29, 0.717) is 24.6 Å². The van der Waals surface area contributed by atoms with Crippen molar-refractivity contribution in [2.24, 2.45) is 0 Å². The monoisotopic (exact) mass is 389 g/mol. The van der Waals surface area contributed by atoms with Crippen molar-refractivity contribution < 1.29 is 14.3 Å². The third kappa shape index (κ3) is 4.77. The van der Waals surface area contributed by atoms with E-state index in [2.05, 4.69) is 5.32 Å². The van der Waals surface area contributed by atoms with Crippen LogP contribution in [0.1, 0.15) is 51.6 Å². The van der Waals surface area contributed by atoms with E-state index in [1.165, 1.54) is 0 Å². The maximum atomic E-state index is 12.7. The fourth-order valence-corrected chi connectivity index (χ4v) is 3.86. The molecule has 1 aromatic rings. The summed E-state index contributed by atoms with van der Waals surface area (Å²) in [5.74, 6) is -0.0105. The number of carbonyl (C=O) groups is 2. The first-order valence-corrected chi connectivity index (χ1v) is 9.81. The van der Waals surface area contributed by atoms with Crippen LogP contribution in [0.15, 0.2) is 30.3 Å². The predicted octanol–water partition coefficient (Wildman–Crippen LogP) is 3.23. The van der Waals surface area contributed by atoms with E-state index in [9.17, 15) is 9.59 Å². The molecule has 0 bridgehead atoms. The maximum Gasteiger partial charge on any atom is 0.410 e. The van der Waals surface area contributed by atoms with Crippen molar-refractivity contribution in [3.63, 3.8) is 0 Å². The van der Waals surface area contributed by atoms with Crippen LogP contribution in [0.5, 0.6) is 0 Å². The van der Waals surface area contributed by atoms with Crippen molar-refractivity contribution in [1.82, 2.24) is 15.1 Å². The fraction of sp³-hybridized carbons (Fsp3) is 0.550. The average molecular weight is 390 g/mol. The standard InChI is InChI=1S/C20H27N3O3S/c1-20(2,3)26-19(25)22-11-7-10-15(22)13-23-17(24)12-16(21-18(23)27)14-8-5-4-6-9-14/h4-6,8-9,15-16H,7,10-13H2,1-3H3,(H,21,27)/t15-,16-/m0/s1. The number of hydrogen-bond donors (Lipinski definition) is 1. The van der Waals surface area contributed by atoms with E-state index in [0.717, 1.165) is 18.4 Å². The van der Waals surface area contributed by atoms with Gasteiger partial charge in [0.25, 0.3) is 0 Å². The Bertz CT molecular complexity index is 699. The highest BCUT2D eigenvalue weighted by Gasteiger charge is 2.37. The van der Waals surface area contributed by atoms with Gasteiger partial charge in [0.1, 0.15) is 5.60 Å². The molecule has 27 heavy (non-hydrogen) atoms. The van der Waals surface area contributed by atoms with Crippen LogP contribution in [0.25, 0.3) is 0 Å². The second-order valence-corrected chi connectivity index (χ2v) is 8.48. The molecule has 0 spiro atoms. The van der Waals surface area contributed by atoms with E-state index >= 15 is 0 Å². The summed E-state index contributed by atoms with van der Waals surface area (Å²) >= 11 is 5.47. The van der Waals surface area contributed by atoms with Gasteiger partial charge in [-0.2, -0.15) is 0 Å². The largest absolute Gasteiger partial charge is 0.444 e. The molecule has 2 amide bonds. The number of benzene rings is 1. The van der Waals surface area contributed by atoms with Crippen LogP contribution < -0.4 is 5.32 Å². The molecule has 2 aliphatic rings. The van der Waals surface area contributed by atoms with E-state index < -0.39 is 5.60 Å². The van der Waals surface area contributed by atoms with E-state index in [1.807, 2.05) is 51.1 Å². The molecule has 0 radical (unpaired) electrons. The summed E-state index contributed by atoms with van der Waals surface area (Å²) < 4.78 is 5.50. The Morgan fingerprint density at radius 1 is 1.30 bits per heavy atom. The Morgan fingerprint density at radius 2 is 2.00 bits per heavy atom. The van der Waals surface area contributed by atoms with Gasteiger partial charge < -0.3 is 15.0 Å². The molecular formula is C20H27N3O3S. The minimum atomic E-state index is -0.537. The first kappa shape index (κ1) is 19.6. The first-order chi connectivity index (χ1) is 12.7. The molecule has 2 saturated heterocycles. The Kier molecular flexibility index (Phi) is 5.69. The molecule has 0 aliphatic carbocycles. The Labute approximate surface area is 165 Å². The quantitative estimate of drug-likeness (QED) is 0.804. The SMILES string of the molecule is CC(C)(C)OC(=O)N1CCC[C@H]1CN1C(=O)C[C@@H](c2ccccc2)NC1=S. The van der Waals surface area contributed by atoms with Crippen LogP contribution in [0.4, 0.5) is 4.79 Å². The van der Waals surface area contributed by atoms with Crippen LogP contribution in [0, 0.1) is 0 Å². The van der Waals surface area contributed by atoms with E-state index in [4.69, 9.17) is 17.0 Å². The number of carbonyl (C=O) groups excluding carboxylic acids is 2. The molecule has 0 saturated carbocycles. The topological polar surface area (TPSA) is 61.9 Å². The number of nitrogens with one attached hydrogen (secondary N) is 1. The average Bonchev–Trinajstić information content (AvgIpc) is 3.06. The fourth-order valence-electron chi connectivity index (χ4n) is 3.54. The molecule has 146 valence electrons. The zero-order chi connectivity index (χ0) is 19.6. The molecule has 2 fully saturated rings. The number of nitrogens with zero attached hydrogens (tertiary/aromatic N) is 2. The number of ether oxygens (including phenoxy) is 1. The van der Waals surface area contributed by atoms with Gasteiger partial charge in [-0.05, 0) is 51.4 Å². The van der Waals surface area contributed by atoms with Crippen molar-refractivity contribution in [2.75, 3.05) is 13.1 Å². The molecule has 0 unspecified atom stereocenters. The Morgan fingerprint density at radius 3 is 2.63 bits per heavy atom. The zero-order valence-corrected chi connectivity index (χ0v) is 16.9. The van der Waals surface area contributed by atoms with Gasteiger partial charge in [-0.3, -0.25) is 9.69 Å². The van der Waals surface area contributed by atoms with Crippen LogP contribution >= 0.6 is 12.2 Å². The first-order valence-electron chi connectivity index (χ1n) is 9.40. The summed E-state index contributed by atoms with van der Waals surface area (Å²) in [5, 5.41) is 3.70. The summed E-state index contributed by atoms with van der Waals surface area (Å²) in [6.07, 6.45) is 1.77. The number of thiocarbonyl (C=S) groups is 1. The lowest BCUT2D eigenvalue weighted by atomic mass is 10.0. The van der Waals surface area contributed by atoms with Gasteiger partial charge in [-0.25, -0.2) is 4.79 Å². The van der Waals surface area contributed by atoms with Crippen molar-refractivity contribution in [1.29, 1.82) is 0 Å². The molecule has 3 rings (SSSR count). The van der Waals surface area contributed by atoms with Crippen LogP contribution in [0.2, 0.25) is 0 Å². The van der Waals surface area contributed by atoms with Gasteiger partial charge in [-0.15, -0.1) is 0 Å². The Hall–Kier alpha value is -2.15. The molecule has 2 heterocycles. The highest BCUT2D eigenvalue weighted by Crippen LogP contribution is 2.26. The third-order valence-corrected chi connectivity index (χ3v) is 5.16. The van der Waals surface area contributed by atoms with Gasteiger partial charge in [0, 0.05) is 13.1 Å². The van der Waals surface area contributed by atoms with Gasteiger partial charge in [0.2, 0.25) is 5.91 Å².